The molecule has 7 nitrogen and oxygen atoms in total. The van der Waals surface area contributed by atoms with Gasteiger partial charge in [0.1, 0.15) is 12.2 Å². The molecule has 0 unspecified atom stereocenters. The first-order valence-electron chi connectivity index (χ1n) is 4.26. The quantitative estimate of drug-likeness (QED) is 0.750. The predicted molar refractivity (Wildman–Crippen MR) is 49.3 cm³/mol. The third-order valence-electron chi connectivity index (χ3n) is 2.02. The fourth-order valence-electron chi connectivity index (χ4n) is 1.25. The highest BCUT2D eigenvalue weighted by Gasteiger charge is 2.12. The zero-order valence-corrected chi connectivity index (χ0v) is 8.03. The highest BCUT2D eigenvalue weighted by atomic mass is 16.4. The van der Waals surface area contributed by atoms with E-state index in [0.29, 0.717) is 12.4 Å². The summed E-state index contributed by atoms with van der Waals surface area (Å²) in [6, 6.07) is 0. The minimum absolute atomic E-state index is 0.00185. The van der Waals surface area contributed by atoms with Gasteiger partial charge in [-0.15, -0.1) is 0 Å². The van der Waals surface area contributed by atoms with Gasteiger partial charge < -0.3 is 9.67 Å². The Balaban J connectivity index is 2.28. The number of imidazole rings is 1. The van der Waals surface area contributed by atoms with Crippen molar-refractivity contribution in [2.45, 2.75) is 6.54 Å². The topological polar surface area (TPSA) is 85.8 Å². The Kier molecular flexibility index (Phi) is 2.20. The van der Waals surface area contributed by atoms with Crippen molar-refractivity contribution in [3.05, 3.63) is 30.4 Å². The van der Waals surface area contributed by atoms with Crippen molar-refractivity contribution >= 4 is 5.97 Å². The van der Waals surface area contributed by atoms with Gasteiger partial charge in [0.2, 0.25) is 5.82 Å². The minimum atomic E-state index is -1.05. The normalized spacial score (nSPS) is 10.5. The molecule has 0 saturated heterocycles. The van der Waals surface area contributed by atoms with Crippen LogP contribution in [-0.4, -0.2) is 35.4 Å². The molecule has 0 atom stereocenters. The largest absolute Gasteiger partial charge is 0.475 e. The minimum Gasteiger partial charge on any atom is -0.475 e. The lowest BCUT2D eigenvalue weighted by atomic mass is 10.5. The van der Waals surface area contributed by atoms with Gasteiger partial charge in [0.25, 0.3) is 0 Å². The highest BCUT2D eigenvalue weighted by molar-refractivity contribution is 5.83. The molecule has 1 N–H and O–H groups in total. The molecule has 0 aliphatic rings. The molecular formula is C8H9N5O2. The van der Waals surface area contributed by atoms with Gasteiger partial charge in [-0.1, -0.05) is 0 Å². The number of rotatable bonds is 3. The lowest BCUT2D eigenvalue weighted by Gasteiger charge is -2.03. The number of aryl methyl sites for hydroxylation is 1. The molecular weight excluding hydrogens is 198 g/mol. The summed E-state index contributed by atoms with van der Waals surface area (Å²) >= 11 is 0. The second kappa shape index (κ2) is 3.52. The summed E-state index contributed by atoms with van der Waals surface area (Å²) in [5, 5.41) is 12.7. The first-order chi connectivity index (χ1) is 7.18. The number of carboxylic acid groups (broad SMARTS) is 1. The fraction of sp³-hybridized carbons (Fsp3) is 0.250. The molecule has 0 aliphatic carbocycles. The number of nitrogens with zero attached hydrogens (tertiary/aromatic N) is 5. The molecule has 2 heterocycles. The van der Waals surface area contributed by atoms with Crippen molar-refractivity contribution in [2.24, 2.45) is 7.05 Å². The van der Waals surface area contributed by atoms with E-state index in [1.165, 1.54) is 17.1 Å². The van der Waals surface area contributed by atoms with Gasteiger partial charge in [0.15, 0.2) is 0 Å². The Bertz CT molecular complexity index is 487. The molecule has 0 fully saturated rings. The van der Waals surface area contributed by atoms with E-state index in [2.05, 4.69) is 15.1 Å². The van der Waals surface area contributed by atoms with E-state index in [-0.39, 0.29) is 5.82 Å². The molecule has 0 amide bonds. The van der Waals surface area contributed by atoms with Gasteiger partial charge in [0.05, 0.1) is 6.54 Å². The van der Waals surface area contributed by atoms with Crippen molar-refractivity contribution in [2.75, 3.05) is 0 Å². The van der Waals surface area contributed by atoms with Crippen LogP contribution in [0.25, 0.3) is 0 Å². The smallest absolute Gasteiger partial charge is 0.372 e. The fourth-order valence-corrected chi connectivity index (χ4v) is 1.25. The van der Waals surface area contributed by atoms with Gasteiger partial charge in [0, 0.05) is 19.4 Å². The molecule has 0 saturated carbocycles. The second-order valence-electron chi connectivity index (χ2n) is 2.98. The Morgan fingerprint density at radius 2 is 2.33 bits per heavy atom. The van der Waals surface area contributed by atoms with Crippen LogP contribution in [0.4, 0.5) is 0 Å². The van der Waals surface area contributed by atoms with E-state index in [1.54, 1.807) is 17.9 Å². The lowest BCUT2D eigenvalue weighted by Crippen LogP contribution is -2.12. The third-order valence-corrected chi connectivity index (χ3v) is 2.02. The molecule has 15 heavy (non-hydrogen) atoms. The van der Waals surface area contributed by atoms with Crippen LogP contribution in [0.15, 0.2) is 18.7 Å². The molecule has 2 rings (SSSR count). The lowest BCUT2D eigenvalue weighted by molar-refractivity contribution is 0.0678. The Morgan fingerprint density at radius 3 is 2.93 bits per heavy atom. The molecule has 0 spiro atoms. The highest BCUT2D eigenvalue weighted by Crippen LogP contribution is 2.01. The Labute approximate surface area is 85.0 Å². The van der Waals surface area contributed by atoms with Crippen molar-refractivity contribution in [3.63, 3.8) is 0 Å². The van der Waals surface area contributed by atoms with Crippen LogP contribution >= 0.6 is 0 Å². The van der Waals surface area contributed by atoms with Gasteiger partial charge in [-0.3, -0.25) is 4.68 Å². The van der Waals surface area contributed by atoms with Crippen LogP contribution in [0.2, 0.25) is 0 Å². The maximum absolute atomic E-state index is 10.8. The second-order valence-corrected chi connectivity index (χ2v) is 2.98. The summed E-state index contributed by atoms with van der Waals surface area (Å²) in [5.74, 6) is -0.379. The number of aromatic nitrogens is 5. The van der Waals surface area contributed by atoms with Crippen molar-refractivity contribution in [1.29, 1.82) is 0 Å². The van der Waals surface area contributed by atoms with Crippen LogP contribution in [0, 0.1) is 0 Å². The molecule has 2 aromatic rings. The molecule has 0 aromatic carbocycles. The van der Waals surface area contributed by atoms with E-state index in [4.69, 9.17) is 5.11 Å². The monoisotopic (exact) mass is 207 g/mol. The molecule has 78 valence electrons. The third kappa shape index (κ3) is 1.71. The predicted octanol–water partition coefficient (Wildman–Crippen LogP) is -0.242. The van der Waals surface area contributed by atoms with Crippen LogP contribution < -0.4 is 0 Å². The van der Waals surface area contributed by atoms with E-state index in [9.17, 15) is 4.79 Å². The van der Waals surface area contributed by atoms with Gasteiger partial charge in [-0.05, 0) is 0 Å². The summed E-state index contributed by atoms with van der Waals surface area (Å²) in [4.78, 5) is 18.5. The first kappa shape index (κ1) is 9.38. The van der Waals surface area contributed by atoms with Crippen LogP contribution in [0.3, 0.4) is 0 Å². The van der Waals surface area contributed by atoms with Crippen molar-refractivity contribution < 1.29 is 9.90 Å². The van der Waals surface area contributed by atoms with Gasteiger partial charge in [-0.25, -0.2) is 14.8 Å². The van der Waals surface area contributed by atoms with Gasteiger partial charge in [-0.2, -0.15) is 5.10 Å². The Hall–Kier alpha value is -2.18. The summed E-state index contributed by atoms with van der Waals surface area (Å²) in [5.41, 5.74) is 0. The van der Waals surface area contributed by atoms with E-state index in [0.717, 1.165) is 0 Å². The number of carboxylic acids is 1. The summed E-state index contributed by atoms with van der Waals surface area (Å²) in [7, 11) is 1.75. The summed E-state index contributed by atoms with van der Waals surface area (Å²) in [6.07, 6.45) is 4.46. The zero-order chi connectivity index (χ0) is 10.8. The molecule has 0 radical (unpaired) electrons. The van der Waals surface area contributed by atoms with E-state index in [1.807, 2.05) is 0 Å². The number of hydrogen-bond acceptors (Lipinski definition) is 4. The zero-order valence-electron chi connectivity index (χ0n) is 8.03. The summed E-state index contributed by atoms with van der Waals surface area (Å²) in [6.45, 7) is 0.345. The molecule has 7 heteroatoms. The van der Waals surface area contributed by atoms with Crippen molar-refractivity contribution in [3.8, 4) is 0 Å². The van der Waals surface area contributed by atoms with E-state index < -0.39 is 5.97 Å². The van der Waals surface area contributed by atoms with Gasteiger partial charge >= 0.3 is 5.97 Å². The number of hydrogen-bond donors (Lipinski definition) is 1. The average molecular weight is 207 g/mol. The maximum Gasteiger partial charge on any atom is 0.372 e. The SMILES string of the molecule is Cn1ncnc1Cn1ccnc1C(=O)O. The van der Waals surface area contributed by atoms with Crippen LogP contribution in [0.5, 0.6) is 0 Å². The molecule has 0 aliphatic heterocycles. The standard InChI is InChI=1S/C8H9N5O2/c1-12-6(10-5-11-12)4-13-3-2-9-7(13)8(14)15/h2-3,5H,4H2,1H3,(H,14,15). The number of carbonyl (C=O) groups is 1. The van der Waals surface area contributed by atoms with Crippen LogP contribution in [-0.2, 0) is 13.6 Å². The maximum atomic E-state index is 10.8. The van der Waals surface area contributed by atoms with Crippen molar-refractivity contribution in [1.82, 2.24) is 24.3 Å². The summed E-state index contributed by atoms with van der Waals surface area (Å²) < 4.78 is 3.10. The van der Waals surface area contributed by atoms with E-state index >= 15 is 0 Å². The molecule has 2 aromatic heterocycles. The number of aromatic carboxylic acids is 1. The van der Waals surface area contributed by atoms with Crippen LogP contribution in [0.1, 0.15) is 16.4 Å². The Morgan fingerprint density at radius 1 is 1.53 bits per heavy atom. The average Bonchev–Trinajstić information content (AvgIpc) is 2.77. The molecule has 0 bridgehead atoms. The first-order valence-corrected chi connectivity index (χ1v) is 4.26.